The second-order valence-electron chi connectivity index (χ2n) is 10.2. The van der Waals surface area contributed by atoms with E-state index in [-0.39, 0.29) is 23.1 Å². The lowest BCUT2D eigenvalue weighted by atomic mass is 9.62. The molecule has 32 heavy (non-hydrogen) atoms. The van der Waals surface area contributed by atoms with Gasteiger partial charge in [-0.3, -0.25) is 14.9 Å². The Morgan fingerprint density at radius 1 is 1.06 bits per heavy atom. The number of nitrogens with one attached hydrogen (secondary N) is 2. The van der Waals surface area contributed by atoms with Gasteiger partial charge in [0.2, 0.25) is 11.8 Å². The molecule has 1 spiro atoms. The third-order valence-corrected chi connectivity index (χ3v) is 7.07. The molecule has 0 aliphatic carbocycles. The number of likely N-dealkylation sites (N-methyl/N-ethyl adjacent to an activating group) is 1. The molecule has 4 unspecified atom stereocenters. The van der Waals surface area contributed by atoms with Crippen LogP contribution >= 0.6 is 23.2 Å². The highest BCUT2D eigenvalue weighted by molar-refractivity contribution is 6.31. The molecule has 2 heterocycles. The maximum Gasteiger partial charge on any atom is 0.239 e. The number of carbonyl (C=O) groups is 2. The number of amides is 2. The molecule has 1 fully saturated rings. The lowest BCUT2D eigenvalue weighted by Gasteiger charge is -2.38. The average molecular weight is 474 g/mol. The Morgan fingerprint density at radius 2 is 1.69 bits per heavy atom. The highest BCUT2D eigenvalue weighted by atomic mass is 35.5. The maximum absolute atomic E-state index is 13.9. The number of carbonyl (C=O) groups excluding carboxylic acids is 2. The molecule has 0 bridgehead atoms. The van der Waals surface area contributed by atoms with E-state index in [1.807, 2.05) is 36.4 Å². The highest BCUT2D eigenvalue weighted by Gasteiger charge is 2.65. The molecule has 170 valence electrons. The van der Waals surface area contributed by atoms with Gasteiger partial charge in [-0.2, -0.15) is 0 Å². The van der Waals surface area contributed by atoms with Crippen LogP contribution in [0.3, 0.4) is 0 Å². The number of nitrogens with zero attached hydrogens (tertiary/aromatic N) is 1. The van der Waals surface area contributed by atoms with E-state index >= 15 is 0 Å². The van der Waals surface area contributed by atoms with E-state index in [1.165, 1.54) is 0 Å². The number of hydrogen-bond acceptors (Lipinski definition) is 3. The number of rotatable bonds is 3. The minimum atomic E-state index is -0.961. The third-order valence-electron chi connectivity index (χ3n) is 6.58. The summed E-state index contributed by atoms with van der Waals surface area (Å²) in [5, 5.41) is 7.82. The molecule has 2 aromatic carbocycles. The van der Waals surface area contributed by atoms with Gasteiger partial charge in [0.1, 0.15) is 5.41 Å². The molecule has 0 radical (unpaired) electrons. The Kier molecular flexibility index (Phi) is 5.81. The Morgan fingerprint density at radius 3 is 2.28 bits per heavy atom. The van der Waals surface area contributed by atoms with Gasteiger partial charge in [-0.15, -0.1) is 0 Å². The Labute approximate surface area is 199 Å². The molecule has 2 aliphatic heterocycles. The molecule has 7 heteroatoms. The highest BCUT2D eigenvalue weighted by Crippen LogP contribution is 2.58. The van der Waals surface area contributed by atoms with Gasteiger partial charge in [0.05, 0.1) is 12.1 Å². The molecule has 1 saturated heterocycles. The monoisotopic (exact) mass is 473 g/mol. The summed E-state index contributed by atoms with van der Waals surface area (Å²) in [5.41, 5.74) is 1.44. The molecule has 2 amide bonds. The van der Waals surface area contributed by atoms with Gasteiger partial charge in [-0.1, -0.05) is 62.2 Å². The number of hydrogen-bond donors (Lipinski definition) is 2. The Balaban J connectivity index is 1.98. The fourth-order valence-corrected chi connectivity index (χ4v) is 5.66. The van der Waals surface area contributed by atoms with Crippen molar-refractivity contribution in [3.63, 3.8) is 0 Å². The van der Waals surface area contributed by atoms with E-state index in [4.69, 9.17) is 23.2 Å². The van der Waals surface area contributed by atoms with Crippen molar-refractivity contribution in [2.24, 2.45) is 11.3 Å². The molecule has 4 rings (SSSR count). The molecule has 0 saturated carbocycles. The minimum Gasteiger partial charge on any atom is -0.347 e. The predicted octanol–water partition coefficient (Wildman–Crippen LogP) is 5.04. The molecular weight excluding hydrogens is 445 g/mol. The van der Waals surface area contributed by atoms with Gasteiger partial charge >= 0.3 is 0 Å². The van der Waals surface area contributed by atoms with Crippen molar-refractivity contribution in [1.29, 1.82) is 0 Å². The van der Waals surface area contributed by atoms with Crippen LogP contribution in [0.1, 0.15) is 44.4 Å². The topological polar surface area (TPSA) is 61.4 Å². The van der Waals surface area contributed by atoms with Crippen molar-refractivity contribution in [2.45, 2.75) is 44.7 Å². The Hall–Kier alpha value is -2.08. The molecule has 5 nitrogen and oxygen atoms in total. The zero-order valence-electron chi connectivity index (χ0n) is 19.0. The molecule has 0 aromatic heterocycles. The van der Waals surface area contributed by atoms with E-state index in [2.05, 4.69) is 31.4 Å². The van der Waals surface area contributed by atoms with Crippen molar-refractivity contribution in [3.05, 3.63) is 63.6 Å². The zero-order chi connectivity index (χ0) is 23.4. The molecule has 2 aliphatic rings. The second-order valence-corrected chi connectivity index (χ2v) is 11.1. The molecule has 2 N–H and O–H groups in total. The van der Waals surface area contributed by atoms with Gasteiger partial charge in [0, 0.05) is 35.7 Å². The first-order valence-corrected chi connectivity index (χ1v) is 11.5. The summed E-state index contributed by atoms with van der Waals surface area (Å²) in [6, 6.07) is 12.1. The molecular formula is C25H29Cl2N3O2. The summed E-state index contributed by atoms with van der Waals surface area (Å²) in [7, 11) is 3.51. The predicted molar refractivity (Wildman–Crippen MR) is 129 cm³/mol. The quantitative estimate of drug-likeness (QED) is 0.656. The van der Waals surface area contributed by atoms with Crippen LogP contribution in [0.15, 0.2) is 42.5 Å². The molecule has 2 aromatic rings. The van der Waals surface area contributed by atoms with Crippen LogP contribution in [0.4, 0.5) is 5.69 Å². The fraction of sp³-hybridized carbons (Fsp3) is 0.440. The van der Waals surface area contributed by atoms with Crippen LogP contribution in [0.2, 0.25) is 10.0 Å². The molecule has 4 atom stereocenters. The van der Waals surface area contributed by atoms with Crippen molar-refractivity contribution < 1.29 is 9.59 Å². The van der Waals surface area contributed by atoms with Crippen LogP contribution in [-0.4, -0.2) is 36.9 Å². The van der Waals surface area contributed by atoms with Gasteiger partial charge in [0.15, 0.2) is 0 Å². The van der Waals surface area contributed by atoms with Gasteiger partial charge < -0.3 is 10.2 Å². The van der Waals surface area contributed by atoms with E-state index in [0.29, 0.717) is 22.2 Å². The smallest absolute Gasteiger partial charge is 0.239 e. The number of anilines is 1. The van der Waals surface area contributed by atoms with Crippen molar-refractivity contribution in [3.8, 4) is 0 Å². The average Bonchev–Trinajstić information content (AvgIpc) is 3.16. The normalized spacial score (nSPS) is 26.8. The third kappa shape index (κ3) is 3.70. The summed E-state index contributed by atoms with van der Waals surface area (Å²) in [5.74, 6) is -0.406. The van der Waals surface area contributed by atoms with Crippen LogP contribution in [0.5, 0.6) is 0 Å². The zero-order valence-corrected chi connectivity index (χ0v) is 20.5. The van der Waals surface area contributed by atoms with Crippen molar-refractivity contribution in [1.82, 2.24) is 10.2 Å². The first-order chi connectivity index (χ1) is 14.9. The lowest BCUT2D eigenvalue weighted by molar-refractivity contribution is -0.132. The lowest BCUT2D eigenvalue weighted by Crippen LogP contribution is -2.48. The van der Waals surface area contributed by atoms with E-state index < -0.39 is 17.5 Å². The standard InChI is InChI=1S/C25H29Cl2N3O2/c1-24(2,3)13-18-20(22(31)30(4)5)29-21(14-6-8-15(26)9-7-14)25(18)17-11-10-16(27)12-19(17)28-23(25)32/h6-12,18,20-21,29H,13H2,1-5H3,(H,28,32). The van der Waals surface area contributed by atoms with E-state index in [0.717, 1.165) is 11.1 Å². The summed E-state index contributed by atoms with van der Waals surface area (Å²) >= 11 is 12.4. The maximum atomic E-state index is 13.9. The SMILES string of the molecule is CN(C)C(=O)C1NC(c2ccc(Cl)cc2)C2(C(=O)Nc3cc(Cl)ccc32)C1CC(C)(C)C. The summed E-state index contributed by atoms with van der Waals surface area (Å²) < 4.78 is 0. The van der Waals surface area contributed by atoms with Crippen molar-refractivity contribution in [2.75, 3.05) is 19.4 Å². The largest absolute Gasteiger partial charge is 0.347 e. The van der Waals surface area contributed by atoms with Gasteiger partial charge in [0.25, 0.3) is 0 Å². The van der Waals surface area contributed by atoms with Crippen LogP contribution in [0, 0.1) is 11.3 Å². The van der Waals surface area contributed by atoms with E-state index in [9.17, 15) is 9.59 Å². The summed E-state index contributed by atoms with van der Waals surface area (Å²) in [4.78, 5) is 28.9. The second kappa shape index (κ2) is 8.05. The first kappa shape index (κ1) is 23.1. The van der Waals surface area contributed by atoms with Gasteiger partial charge in [-0.05, 0) is 47.2 Å². The number of benzene rings is 2. The van der Waals surface area contributed by atoms with Crippen LogP contribution < -0.4 is 10.6 Å². The fourth-order valence-electron chi connectivity index (χ4n) is 5.36. The Bertz CT molecular complexity index is 1060. The van der Waals surface area contributed by atoms with Crippen molar-refractivity contribution >= 4 is 40.7 Å². The summed E-state index contributed by atoms with van der Waals surface area (Å²) in [6.45, 7) is 6.43. The van der Waals surface area contributed by atoms with Gasteiger partial charge in [-0.25, -0.2) is 0 Å². The van der Waals surface area contributed by atoms with E-state index in [1.54, 1.807) is 25.1 Å². The minimum absolute atomic E-state index is 0.0368. The summed E-state index contributed by atoms with van der Waals surface area (Å²) in [6.07, 6.45) is 0.684. The number of halogens is 2. The van der Waals surface area contributed by atoms with Crippen LogP contribution in [-0.2, 0) is 15.0 Å². The first-order valence-electron chi connectivity index (χ1n) is 10.8. The number of fused-ring (bicyclic) bond motifs is 2. The van der Waals surface area contributed by atoms with Crippen LogP contribution in [0.25, 0.3) is 0 Å².